The quantitative estimate of drug-likeness (QED) is 0.405. The molecule has 0 aliphatic carbocycles. The molecule has 0 aromatic heterocycles. The van der Waals surface area contributed by atoms with Crippen LogP contribution in [-0.4, -0.2) is 11.1 Å². The zero-order chi connectivity index (χ0) is 6.85. The van der Waals surface area contributed by atoms with Crippen LogP contribution in [0.15, 0.2) is 17.0 Å². The first kappa shape index (κ1) is 5.70. The van der Waals surface area contributed by atoms with Crippen LogP contribution in [0.1, 0.15) is 0 Å². The molecule has 1 aliphatic rings. The zero-order valence-corrected chi connectivity index (χ0v) is 4.31. The number of hydrazone groups is 1. The van der Waals surface area contributed by atoms with Gasteiger partial charge in [0.25, 0.3) is 0 Å². The molecule has 6 radical (unpaired) electrons. The van der Waals surface area contributed by atoms with E-state index in [0.717, 1.165) is 6.08 Å². The molecule has 0 aromatic carbocycles. The highest BCUT2D eigenvalue weighted by Gasteiger charge is 2.07. The highest BCUT2D eigenvalue weighted by molar-refractivity contribution is 5.91. The third kappa shape index (κ3) is 1.23. The fourth-order valence-electron chi connectivity index (χ4n) is 0.408. The third-order valence-corrected chi connectivity index (χ3v) is 0.678. The van der Waals surface area contributed by atoms with Gasteiger partial charge in [0.2, 0.25) is 5.84 Å². The lowest BCUT2D eigenvalue weighted by atomic mass is 10.5. The molecule has 0 spiro atoms. The van der Waals surface area contributed by atoms with Gasteiger partial charge in [-0.05, 0) is 0 Å². The monoisotopic (exact) mass is 122 g/mol. The highest BCUT2D eigenvalue weighted by Crippen LogP contribution is 1.91. The normalized spacial score (nSPS) is 18.1. The minimum absolute atomic E-state index is 0.199. The van der Waals surface area contributed by atoms with E-state index in [9.17, 15) is 0 Å². The first-order valence-electron chi connectivity index (χ1n) is 2.12. The van der Waals surface area contributed by atoms with Crippen LogP contribution >= 0.6 is 0 Å². The largest absolute Gasteiger partial charge is 0.246 e. The second-order valence-electron chi connectivity index (χ2n) is 1.39. The summed E-state index contributed by atoms with van der Waals surface area (Å²) in [6.45, 7) is 0. The van der Waals surface area contributed by atoms with E-state index in [2.05, 4.69) is 5.10 Å². The van der Waals surface area contributed by atoms with Crippen LogP contribution in [0.3, 0.4) is 0 Å². The van der Waals surface area contributed by atoms with Gasteiger partial charge in [0.1, 0.15) is 0 Å². The number of hydrogen-bond donors (Lipinski definition) is 1. The summed E-state index contributed by atoms with van der Waals surface area (Å²) in [4.78, 5) is 0. The van der Waals surface area contributed by atoms with E-state index in [1.165, 1.54) is 0 Å². The van der Waals surface area contributed by atoms with Crippen molar-refractivity contribution in [3.8, 4) is 0 Å². The zero-order valence-electron chi connectivity index (χ0n) is 4.31. The van der Waals surface area contributed by atoms with E-state index in [1.54, 1.807) is 0 Å². The van der Waals surface area contributed by atoms with Gasteiger partial charge >= 0.3 is 0 Å². The van der Waals surface area contributed by atoms with Gasteiger partial charge in [0, 0.05) is 11.9 Å². The van der Waals surface area contributed by atoms with Crippen molar-refractivity contribution in [1.82, 2.24) is 28.0 Å². The maximum Gasteiger partial charge on any atom is 0.201 e. The molecule has 1 N–H and O–H groups in total. The van der Waals surface area contributed by atoms with Crippen molar-refractivity contribution in [2.24, 2.45) is 5.10 Å². The molecule has 6 nitrogen and oxygen atoms in total. The first-order chi connectivity index (χ1) is 4.18. The number of nitrogens with zero attached hydrogens (tertiary/aromatic N) is 5. The Kier molecular flexibility index (Phi) is 1.16. The molecule has 0 fully saturated rings. The average Bonchev–Trinajstić information content (AvgIpc) is 1.59. The molecule has 0 unspecified atom stereocenters. The minimum Gasteiger partial charge on any atom is -0.246 e. The van der Waals surface area contributed by atoms with Crippen molar-refractivity contribution in [1.29, 1.82) is 0 Å². The molecule has 1 rings (SSSR count). The summed E-state index contributed by atoms with van der Waals surface area (Å²) >= 11 is 0. The summed E-state index contributed by atoms with van der Waals surface area (Å²) in [5.41, 5.74) is 19.0. The van der Waals surface area contributed by atoms with E-state index in [0.29, 0.717) is 0 Å². The van der Waals surface area contributed by atoms with Crippen molar-refractivity contribution in [3.05, 3.63) is 11.9 Å². The number of rotatable bonds is 0. The van der Waals surface area contributed by atoms with Gasteiger partial charge in [-0.1, -0.05) is 5.23 Å². The topological polar surface area (TPSA) is 94.5 Å². The van der Waals surface area contributed by atoms with E-state index >= 15 is 0 Å². The van der Waals surface area contributed by atoms with E-state index < -0.39 is 5.84 Å². The number of amidine groups is 1. The van der Waals surface area contributed by atoms with Crippen LogP contribution < -0.4 is 22.7 Å². The average molecular weight is 122 g/mol. The fourth-order valence-corrected chi connectivity index (χ4v) is 0.408. The van der Waals surface area contributed by atoms with Gasteiger partial charge < -0.3 is 0 Å². The predicted octanol–water partition coefficient (Wildman–Crippen LogP) is -1.92. The van der Waals surface area contributed by atoms with Crippen molar-refractivity contribution < 1.29 is 0 Å². The van der Waals surface area contributed by atoms with Crippen LogP contribution in [0.25, 0.3) is 0 Å². The summed E-state index contributed by atoms with van der Waals surface area (Å²) in [5, 5.41) is 3.25. The van der Waals surface area contributed by atoms with Gasteiger partial charge in [-0.25, -0.2) is 5.43 Å². The summed E-state index contributed by atoms with van der Waals surface area (Å²) in [5.74, 6) is 7.59. The fraction of sp³-hybridized carbons (Fsp3) is 0. The summed E-state index contributed by atoms with van der Waals surface area (Å²) in [6, 6.07) is 0. The predicted molar refractivity (Wildman–Crippen MR) is 26.9 cm³/mol. The smallest absolute Gasteiger partial charge is 0.201 e. The Morgan fingerprint density at radius 2 is 2.22 bits per heavy atom. The standard InChI is InChI=1S/C3H2N6/c4-2-1-3(5)8-9(6)7-2/h1,7H. The van der Waals surface area contributed by atoms with E-state index in [1.807, 2.05) is 5.43 Å². The van der Waals surface area contributed by atoms with Gasteiger partial charge in [-0.2, -0.15) is 0 Å². The molecule has 1 aliphatic heterocycles. The number of hydrogen-bond acceptors (Lipinski definition) is 3. The van der Waals surface area contributed by atoms with Crippen molar-refractivity contribution in [2.45, 2.75) is 0 Å². The summed E-state index contributed by atoms with van der Waals surface area (Å²) < 4.78 is 0. The first-order valence-corrected chi connectivity index (χ1v) is 2.12. The molecule has 6 heteroatoms. The van der Waals surface area contributed by atoms with Crippen LogP contribution in [0, 0.1) is 0 Å². The Labute approximate surface area is 51.9 Å². The SMILES string of the molecule is [N]C1=CC([N])=NN([N])N1. The van der Waals surface area contributed by atoms with E-state index in [-0.39, 0.29) is 11.0 Å². The lowest BCUT2D eigenvalue weighted by molar-refractivity contribution is 0.206. The molecular weight excluding hydrogens is 120 g/mol. The van der Waals surface area contributed by atoms with Gasteiger partial charge in [0.05, 0.1) is 0 Å². The lowest BCUT2D eigenvalue weighted by Crippen LogP contribution is -2.36. The molecule has 1 heterocycles. The van der Waals surface area contributed by atoms with Crippen LogP contribution in [-0.2, 0) is 0 Å². The van der Waals surface area contributed by atoms with Gasteiger partial charge in [-0.15, -0.1) is 16.6 Å². The Morgan fingerprint density at radius 3 is 2.67 bits per heavy atom. The molecule has 0 saturated heterocycles. The number of nitrogens with one attached hydrogen (secondary N) is 1. The lowest BCUT2D eigenvalue weighted by Gasteiger charge is -2.12. The number of hydrazine groups is 1. The van der Waals surface area contributed by atoms with Gasteiger partial charge in [-0.3, -0.25) is 0 Å². The molecular formula is C3H2N6. The molecule has 0 saturated carbocycles. The molecule has 9 heavy (non-hydrogen) atoms. The Balaban J connectivity index is 2.74. The minimum atomic E-state index is -0.464. The third-order valence-electron chi connectivity index (χ3n) is 0.678. The highest BCUT2D eigenvalue weighted by atomic mass is 15.8. The van der Waals surface area contributed by atoms with Crippen molar-refractivity contribution in [2.75, 3.05) is 0 Å². The maximum absolute atomic E-state index is 8.56. The molecule has 0 bridgehead atoms. The molecule has 0 aromatic rings. The Hall–Kier alpha value is -1.43. The van der Waals surface area contributed by atoms with Crippen molar-refractivity contribution >= 4 is 5.84 Å². The maximum atomic E-state index is 8.56. The molecule has 0 atom stereocenters. The molecule has 0 amide bonds. The second-order valence-corrected chi connectivity index (χ2v) is 1.39. The van der Waals surface area contributed by atoms with Crippen LogP contribution in [0.2, 0.25) is 0 Å². The van der Waals surface area contributed by atoms with Crippen molar-refractivity contribution in [3.63, 3.8) is 0 Å². The van der Waals surface area contributed by atoms with Crippen LogP contribution in [0.5, 0.6) is 0 Å². The Bertz CT molecular complexity index is 169. The summed E-state index contributed by atoms with van der Waals surface area (Å²) in [6.07, 6.45) is 0.951. The van der Waals surface area contributed by atoms with E-state index in [4.69, 9.17) is 17.3 Å². The second kappa shape index (κ2) is 1.82. The molecule has 44 valence electrons. The van der Waals surface area contributed by atoms with Gasteiger partial charge in [0.15, 0.2) is 5.82 Å². The van der Waals surface area contributed by atoms with Crippen LogP contribution in [0.4, 0.5) is 0 Å². The summed E-state index contributed by atoms with van der Waals surface area (Å²) in [7, 11) is 0. The Morgan fingerprint density at radius 1 is 1.56 bits per heavy atom.